The number of nitrogens with one attached hydrogen (secondary N) is 1. The van der Waals surface area contributed by atoms with E-state index >= 15 is 0 Å². The van der Waals surface area contributed by atoms with E-state index in [2.05, 4.69) is 10.3 Å². The van der Waals surface area contributed by atoms with Gasteiger partial charge in [0.15, 0.2) is 0 Å². The summed E-state index contributed by atoms with van der Waals surface area (Å²) >= 11 is 0. The number of hydrogen-bond donors (Lipinski definition) is 2. The summed E-state index contributed by atoms with van der Waals surface area (Å²) in [6, 6.07) is 5.22. The molecule has 0 saturated carbocycles. The third-order valence-electron chi connectivity index (χ3n) is 2.74. The lowest BCUT2D eigenvalue weighted by atomic mass is 10.2. The van der Waals surface area contributed by atoms with Crippen LogP contribution >= 0.6 is 12.4 Å². The van der Waals surface area contributed by atoms with Gasteiger partial charge in [0.2, 0.25) is 0 Å². The van der Waals surface area contributed by atoms with E-state index in [1.54, 1.807) is 24.4 Å². The van der Waals surface area contributed by atoms with Gasteiger partial charge in [-0.2, -0.15) is 0 Å². The smallest absolute Gasteiger partial charge is 0.270 e. The van der Waals surface area contributed by atoms with Gasteiger partial charge in [-0.3, -0.25) is 14.0 Å². The number of fused-ring (bicyclic) bond motifs is 1. The van der Waals surface area contributed by atoms with E-state index in [-0.39, 0.29) is 29.6 Å². The van der Waals surface area contributed by atoms with Crippen molar-refractivity contribution in [1.82, 2.24) is 14.7 Å². The number of pyridine rings is 1. The van der Waals surface area contributed by atoms with Gasteiger partial charge in [-0.15, -0.1) is 12.4 Å². The topological polar surface area (TPSA) is 89.5 Å². The van der Waals surface area contributed by atoms with Crippen LogP contribution < -0.4 is 16.6 Å². The highest BCUT2D eigenvalue weighted by Gasteiger charge is 2.12. The van der Waals surface area contributed by atoms with E-state index in [1.165, 1.54) is 10.6 Å². The van der Waals surface area contributed by atoms with Gasteiger partial charge in [0, 0.05) is 25.0 Å². The molecule has 3 N–H and O–H groups in total. The van der Waals surface area contributed by atoms with Gasteiger partial charge < -0.3 is 11.1 Å². The Morgan fingerprint density at radius 2 is 2.25 bits per heavy atom. The fourth-order valence-electron chi connectivity index (χ4n) is 1.69. The zero-order chi connectivity index (χ0) is 13.8. The summed E-state index contributed by atoms with van der Waals surface area (Å²) in [5, 5.41) is 2.66. The highest BCUT2D eigenvalue weighted by molar-refractivity contribution is 5.93. The van der Waals surface area contributed by atoms with E-state index < -0.39 is 5.91 Å². The molecule has 6 nitrogen and oxygen atoms in total. The van der Waals surface area contributed by atoms with Gasteiger partial charge in [0.1, 0.15) is 11.2 Å². The van der Waals surface area contributed by atoms with Crippen LogP contribution in [0.25, 0.3) is 5.65 Å². The summed E-state index contributed by atoms with van der Waals surface area (Å²) in [5.74, 6) is -0.420. The molecule has 0 aliphatic heterocycles. The van der Waals surface area contributed by atoms with Gasteiger partial charge in [-0.25, -0.2) is 4.98 Å². The molecule has 0 bridgehead atoms. The Morgan fingerprint density at radius 3 is 2.95 bits per heavy atom. The highest BCUT2D eigenvalue weighted by Crippen LogP contribution is 1.97. The molecule has 20 heavy (non-hydrogen) atoms. The van der Waals surface area contributed by atoms with Gasteiger partial charge >= 0.3 is 0 Å². The number of rotatable bonds is 4. The zero-order valence-electron chi connectivity index (χ0n) is 11.1. The van der Waals surface area contributed by atoms with Crippen molar-refractivity contribution < 1.29 is 4.79 Å². The predicted molar refractivity (Wildman–Crippen MR) is 79.3 cm³/mol. The SMILES string of the molecule is CC(N)CCNC(=O)c1cnc2ccccn2c1=O.Cl. The normalized spacial score (nSPS) is 11.7. The largest absolute Gasteiger partial charge is 0.352 e. The Hall–Kier alpha value is -1.92. The third kappa shape index (κ3) is 3.55. The van der Waals surface area contributed by atoms with Crippen LogP contribution in [-0.4, -0.2) is 27.9 Å². The summed E-state index contributed by atoms with van der Waals surface area (Å²) in [6.07, 6.45) is 3.55. The van der Waals surface area contributed by atoms with Crippen molar-refractivity contribution in [2.24, 2.45) is 5.73 Å². The molecule has 0 radical (unpaired) electrons. The van der Waals surface area contributed by atoms with Gasteiger partial charge in [0.05, 0.1) is 0 Å². The Kier molecular flexibility index (Phi) is 5.66. The molecule has 0 aliphatic carbocycles. The number of carbonyl (C=O) groups is 1. The first-order chi connectivity index (χ1) is 9.09. The maximum absolute atomic E-state index is 12.1. The maximum atomic E-state index is 12.1. The average molecular weight is 297 g/mol. The third-order valence-corrected chi connectivity index (χ3v) is 2.74. The minimum Gasteiger partial charge on any atom is -0.352 e. The van der Waals surface area contributed by atoms with Crippen LogP contribution in [0.2, 0.25) is 0 Å². The highest BCUT2D eigenvalue weighted by atomic mass is 35.5. The molecule has 2 rings (SSSR count). The molecule has 7 heteroatoms. The molecule has 0 fully saturated rings. The molecule has 0 saturated heterocycles. The first-order valence-electron chi connectivity index (χ1n) is 6.10. The molecule has 2 heterocycles. The molecule has 0 aliphatic rings. The maximum Gasteiger partial charge on any atom is 0.270 e. The number of hydrogen-bond acceptors (Lipinski definition) is 4. The Balaban J connectivity index is 0.00000200. The van der Waals surface area contributed by atoms with E-state index in [9.17, 15) is 9.59 Å². The standard InChI is InChI=1S/C13H16N4O2.ClH/c1-9(14)5-6-15-12(18)10-8-16-11-4-2-3-7-17(11)13(10)19;/h2-4,7-9H,5-6,14H2,1H3,(H,15,18);1H. The Morgan fingerprint density at radius 1 is 1.50 bits per heavy atom. The average Bonchev–Trinajstić information content (AvgIpc) is 2.39. The van der Waals surface area contributed by atoms with Crippen LogP contribution in [0.4, 0.5) is 0 Å². The van der Waals surface area contributed by atoms with Crippen LogP contribution in [0, 0.1) is 0 Å². The van der Waals surface area contributed by atoms with Crippen molar-refractivity contribution in [3.63, 3.8) is 0 Å². The number of amides is 1. The first kappa shape index (κ1) is 16.1. The number of carbonyl (C=O) groups excluding carboxylic acids is 1. The summed E-state index contributed by atoms with van der Waals surface area (Å²) in [7, 11) is 0. The molecular weight excluding hydrogens is 280 g/mol. The van der Waals surface area contributed by atoms with Crippen molar-refractivity contribution in [2.45, 2.75) is 19.4 Å². The van der Waals surface area contributed by atoms with E-state index in [0.29, 0.717) is 18.6 Å². The summed E-state index contributed by atoms with van der Waals surface area (Å²) in [6.45, 7) is 2.30. The fraction of sp³-hybridized carbons (Fsp3) is 0.308. The lowest BCUT2D eigenvalue weighted by Crippen LogP contribution is -2.33. The van der Waals surface area contributed by atoms with Crippen LogP contribution in [0.3, 0.4) is 0 Å². The lowest BCUT2D eigenvalue weighted by Gasteiger charge is -2.07. The Labute approximate surface area is 122 Å². The molecule has 1 amide bonds. The summed E-state index contributed by atoms with van der Waals surface area (Å²) < 4.78 is 1.35. The monoisotopic (exact) mass is 296 g/mol. The number of halogens is 1. The van der Waals surface area contributed by atoms with Crippen LogP contribution in [0.5, 0.6) is 0 Å². The molecule has 2 aromatic rings. The summed E-state index contributed by atoms with van der Waals surface area (Å²) in [4.78, 5) is 28.1. The molecular formula is C13H17ClN4O2. The number of aromatic nitrogens is 2. The first-order valence-corrected chi connectivity index (χ1v) is 6.10. The molecule has 108 valence electrons. The van der Waals surface area contributed by atoms with E-state index in [1.807, 2.05) is 6.92 Å². The van der Waals surface area contributed by atoms with Crippen LogP contribution in [-0.2, 0) is 0 Å². The van der Waals surface area contributed by atoms with Crippen LogP contribution in [0.15, 0.2) is 35.4 Å². The second-order valence-electron chi connectivity index (χ2n) is 4.43. The minimum absolute atomic E-state index is 0. The fourth-order valence-corrected chi connectivity index (χ4v) is 1.69. The quantitative estimate of drug-likeness (QED) is 0.864. The van der Waals surface area contributed by atoms with Gasteiger partial charge in [-0.1, -0.05) is 6.07 Å². The zero-order valence-corrected chi connectivity index (χ0v) is 11.9. The molecule has 2 aromatic heterocycles. The van der Waals surface area contributed by atoms with E-state index in [0.717, 1.165) is 0 Å². The van der Waals surface area contributed by atoms with E-state index in [4.69, 9.17) is 5.73 Å². The van der Waals surface area contributed by atoms with Gasteiger partial charge in [-0.05, 0) is 25.5 Å². The summed E-state index contributed by atoms with van der Waals surface area (Å²) in [5.41, 5.74) is 5.77. The molecule has 0 spiro atoms. The number of nitrogens with two attached hydrogens (primary N) is 1. The molecule has 1 atom stereocenters. The van der Waals surface area contributed by atoms with Crippen molar-refractivity contribution in [2.75, 3.05) is 6.54 Å². The predicted octanol–water partition coefficient (Wildman–Crippen LogP) is 0.583. The van der Waals surface area contributed by atoms with Crippen molar-refractivity contribution in [3.8, 4) is 0 Å². The van der Waals surface area contributed by atoms with Gasteiger partial charge in [0.25, 0.3) is 11.5 Å². The van der Waals surface area contributed by atoms with Crippen molar-refractivity contribution in [1.29, 1.82) is 0 Å². The minimum atomic E-state index is -0.420. The van der Waals surface area contributed by atoms with Crippen molar-refractivity contribution in [3.05, 3.63) is 46.5 Å². The second-order valence-corrected chi connectivity index (χ2v) is 4.43. The second kappa shape index (κ2) is 7.02. The Bertz CT molecular complexity index is 654. The molecule has 0 aromatic carbocycles. The lowest BCUT2D eigenvalue weighted by molar-refractivity contribution is 0.0951. The van der Waals surface area contributed by atoms with Crippen LogP contribution in [0.1, 0.15) is 23.7 Å². The number of nitrogens with zero attached hydrogens (tertiary/aromatic N) is 2. The van der Waals surface area contributed by atoms with Crippen molar-refractivity contribution >= 4 is 24.0 Å². The molecule has 1 unspecified atom stereocenters.